The van der Waals surface area contributed by atoms with Crippen LogP contribution in [0, 0.1) is 11.6 Å². The molecule has 1 aliphatic heterocycles. The van der Waals surface area contributed by atoms with Gasteiger partial charge in [-0.3, -0.25) is 9.69 Å². The average Bonchev–Trinajstić information content (AvgIpc) is 3.39. The normalized spacial score (nSPS) is 14.1. The molecule has 0 spiro atoms. The van der Waals surface area contributed by atoms with Crippen molar-refractivity contribution in [3.05, 3.63) is 119 Å². The number of benzene rings is 3. The molecule has 0 N–H and O–H groups in total. The lowest BCUT2D eigenvalue weighted by atomic mass is 10.2. The number of amides is 1. The Balaban J connectivity index is 1.48. The summed E-state index contributed by atoms with van der Waals surface area (Å²) < 4.78 is 61.7. The summed E-state index contributed by atoms with van der Waals surface area (Å²) in [7, 11) is -3.95. The molecule has 4 aromatic rings. The van der Waals surface area contributed by atoms with Crippen molar-refractivity contribution < 1.29 is 26.7 Å². The molecule has 0 unspecified atom stereocenters. The van der Waals surface area contributed by atoms with Crippen molar-refractivity contribution in [2.24, 2.45) is 0 Å². The molecule has 2 heterocycles. The highest BCUT2D eigenvalue weighted by atomic mass is 32.2. The van der Waals surface area contributed by atoms with Crippen molar-refractivity contribution in [1.82, 2.24) is 19.4 Å². The molecule has 42 heavy (non-hydrogen) atoms. The predicted octanol–water partition coefficient (Wildman–Crippen LogP) is 4.16. The number of aromatic nitrogens is 2. The highest BCUT2D eigenvalue weighted by Crippen LogP contribution is 2.22. The number of morpholine rings is 1. The highest BCUT2D eigenvalue weighted by molar-refractivity contribution is 7.90. The Bertz CT molecular complexity index is 1610. The van der Waals surface area contributed by atoms with Gasteiger partial charge >= 0.3 is 0 Å². The van der Waals surface area contributed by atoms with E-state index in [1.54, 1.807) is 15.5 Å². The Morgan fingerprint density at radius 3 is 2.36 bits per heavy atom. The summed E-state index contributed by atoms with van der Waals surface area (Å²) in [6.07, 6.45) is 1.47. The van der Waals surface area contributed by atoms with Crippen molar-refractivity contribution in [1.29, 1.82) is 0 Å². The number of sulfone groups is 1. The summed E-state index contributed by atoms with van der Waals surface area (Å²) in [6, 6.07) is 20.2. The molecule has 0 atom stereocenters. The maximum atomic E-state index is 14.0. The quantitative estimate of drug-likeness (QED) is 0.259. The molecule has 220 valence electrons. The van der Waals surface area contributed by atoms with Crippen molar-refractivity contribution in [3.8, 4) is 0 Å². The summed E-state index contributed by atoms with van der Waals surface area (Å²) in [5.74, 6) is -1.70. The lowest BCUT2D eigenvalue weighted by molar-refractivity contribution is 0.0319. The van der Waals surface area contributed by atoms with E-state index < -0.39 is 21.5 Å². The molecule has 1 amide bonds. The summed E-state index contributed by atoms with van der Waals surface area (Å²) in [5, 5.41) is -0.142. The third-order valence-corrected chi connectivity index (χ3v) is 8.73. The zero-order valence-corrected chi connectivity index (χ0v) is 23.8. The van der Waals surface area contributed by atoms with Crippen LogP contribution in [-0.4, -0.2) is 73.1 Å². The predicted molar refractivity (Wildman–Crippen MR) is 153 cm³/mol. The first-order valence-electron chi connectivity index (χ1n) is 13.7. The second kappa shape index (κ2) is 13.4. The zero-order valence-electron chi connectivity index (χ0n) is 23.0. The zero-order chi connectivity index (χ0) is 29.5. The molecule has 0 aliphatic carbocycles. The van der Waals surface area contributed by atoms with Gasteiger partial charge in [0.25, 0.3) is 5.91 Å². The van der Waals surface area contributed by atoms with Crippen LogP contribution in [0.4, 0.5) is 8.78 Å². The Morgan fingerprint density at radius 2 is 1.64 bits per heavy atom. The molecule has 5 rings (SSSR count). The van der Waals surface area contributed by atoms with E-state index >= 15 is 0 Å². The minimum atomic E-state index is -3.95. The largest absolute Gasteiger partial charge is 0.379 e. The van der Waals surface area contributed by atoms with E-state index in [0.717, 1.165) is 18.7 Å². The topological polar surface area (TPSA) is 84.7 Å². The maximum Gasteiger partial charge on any atom is 0.254 e. The van der Waals surface area contributed by atoms with Crippen molar-refractivity contribution in [2.45, 2.75) is 24.0 Å². The van der Waals surface area contributed by atoms with Gasteiger partial charge in [0.05, 0.1) is 43.9 Å². The van der Waals surface area contributed by atoms with Gasteiger partial charge in [-0.25, -0.2) is 22.2 Å². The Kier molecular flexibility index (Phi) is 9.41. The first kappa shape index (κ1) is 29.6. The smallest absolute Gasteiger partial charge is 0.254 e. The van der Waals surface area contributed by atoms with Crippen LogP contribution in [0.2, 0.25) is 0 Å². The number of rotatable bonds is 11. The molecule has 11 heteroatoms. The van der Waals surface area contributed by atoms with E-state index in [1.807, 2.05) is 30.3 Å². The first-order valence-corrected chi connectivity index (χ1v) is 15.3. The maximum absolute atomic E-state index is 14.0. The summed E-state index contributed by atoms with van der Waals surface area (Å²) >= 11 is 0. The number of carbonyl (C=O) groups excluding carboxylic acids is 1. The number of hydrogen-bond acceptors (Lipinski definition) is 6. The molecule has 3 aromatic carbocycles. The van der Waals surface area contributed by atoms with E-state index in [4.69, 9.17) is 4.74 Å². The SMILES string of the molecule is O=C(c1cccc(F)c1)N(CCN1CCOCC1)Cc1cnc(S(=O)(=O)Cc2ccc(F)cc2)n1Cc1ccccc1. The highest BCUT2D eigenvalue weighted by Gasteiger charge is 2.27. The van der Waals surface area contributed by atoms with E-state index in [0.29, 0.717) is 37.6 Å². The fourth-order valence-electron chi connectivity index (χ4n) is 4.91. The summed E-state index contributed by atoms with van der Waals surface area (Å²) in [4.78, 5) is 21.8. The molecule has 1 saturated heterocycles. The van der Waals surface area contributed by atoms with Crippen LogP contribution in [0.25, 0.3) is 0 Å². The van der Waals surface area contributed by atoms with Gasteiger partial charge in [-0.2, -0.15) is 0 Å². The van der Waals surface area contributed by atoms with Crippen LogP contribution in [-0.2, 0) is 33.4 Å². The lowest BCUT2D eigenvalue weighted by Crippen LogP contribution is -2.43. The number of imidazole rings is 1. The second-order valence-electron chi connectivity index (χ2n) is 10.2. The van der Waals surface area contributed by atoms with Gasteiger partial charge in [0.15, 0.2) is 0 Å². The molecule has 0 saturated carbocycles. The Morgan fingerprint density at radius 1 is 0.905 bits per heavy atom. The van der Waals surface area contributed by atoms with Crippen LogP contribution in [0.15, 0.2) is 90.2 Å². The molecule has 1 aliphatic rings. The molecular weight excluding hydrogens is 562 g/mol. The van der Waals surface area contributed by atoms with Crippen molar-refractivity contribution >= 4 is 15.7 Å². The van der Waals surface area contributed by atoms with Gasteiger partial charge in [0.2, 0.25) is 15.0 Å². The summed E-state index contributed by atoms with van der Waals surface area (Å²) in [5.41, 5.74) is 2.01. The van der Waals surface area contributed by atoms with E-state index in [2.05, 4.69) is 9.88 Å². The fourth-order valence-corrected chi connectivity index (χ4v) is 6.40. The Labute approximate surface area is 244 Å². The van der Waals surface area contributed by atoms with E-state index in [-0.39, 0.29) is 35.5 Å². The lowest BCUT2D eigenvalue weighted by Gasteiger charge is -2.30. The van der Waals surface area contributed by atoms with Gasteiger partial charge in [0.1, 0.15) is 11.6 Å². The summed E-state index contributed by atoms with van der Waals surface area (Å²) in [6.45, 7) is 3.87. The minimum absolute atomic E-state index is 0.0611. The molecular formula is C31H32F2N4O4S. The van der Waals surface area contributed by atoms with Crippen molar-refractivity contribution in [2.75, 3.05) is 39.4 Å². The van der Waals surface area contributed by atoms with Crippen LogP contribution >= 0.6 is 0 Å². The fraction of sp³-hybridized carbons (Fsp3) is 0.290. The number of hydrogen-bond donors (Lipinski definition) is 0. The third kappa shape index (κ3) is 7.47. The number of carbonyl (C=O) groups is 1. The van der Waals surface area contributed by atoms with Gasteiger partial charge in [-0.1, -0.05) is 48.5 Å². The molecule has 1 fully saturated rings. The van der Waals surface area contributed by atoms with Gasteiger partial charge in [0, 0.05) is 31.7 Å². The molecule has 8 nitrogen and oxygen atoms in total. The van der Waals surface area contributed by atoms with Crippen LogP contribution in [0.5, 0.6) is 0 Å². The van der Waals surface area contributed by atoms with Crippen molar-refractivity contribution in [3.63, 3.8) is 0 Å². The number of halogens is 2. The first-order chi connectivity index (χ1) is 20.3. The number of ether oxygens (including phenoxy) is 1. The van der Waals surface area contributed by atoms with Gasteiger partial charge in [-0.15, -0.1) is 0 Å². The minimum Gasteiger partial charge on any atom is -0.379 e. The number of nitrogens with zero attached hydrogens (tertiary/aromatic N) is 4. The second-order valence-corrected chi connectivity index (χ2v) is 12.1. The Hall–Kier alpha value is -3.93. The molecule has 0 radical (unpaired) electrons. The molecule has 1 aromatic heterocycles. The van der Waals surface area contributed by atoms with E-state index in [1.165, 1.54) is 48.7 Å². The van der Waals surface area contributed by atoms with Crippen LogP contribution in [0.3, 0.4) is 0 Å². The third-order valence-electron chi connectivity index (χ3n) is 7.13. The average molecular weight is 595 g/mol. The van der Waals surface area contributed by atoms with Crippen LogP contribution < -0.4 is 0 Å². The van der Waals surface area contributed by atoms with Gasteiger partial charge in [-0.05, 0) is 41.5 Å². The molecule has 0 bridgehead atoms. The standard InChI is InChI=1S/C31H32F2N4O4S/c32-27-11-9-25(10-12-27)23-42(39,40)31-34-20-29(37(31)21-24-5-2-1-3-6-24)22-36(14-13-35-15-17-41-18-16-35)30(38)26-7-4-8-28(33)19-26/h1-12,19-20H,13-18,21-23H2. The van der Waals surface area contributed by atoms with Gasteiger partial charge < -0.3 is 14.2 Å². The van der Waals surface area contributed by atoms with Crippen LogP contribution in [0.1, 0.15) is 27.2 Å². The van der Waals surface area contributed by atoms with E-state index in [9.17, 15) is 22.0 Å². The monoisotopic (exact) mass is 594 g/mol.